The number of hydrogen-bond donors (Lipinski definition) is 0. The van der Waals surface area contributed by atoms with Gasteiger partial charge >= 0.3 is 5.97 Å². The van der Waals surface area contributed by atoms with Gasteiger partial charge in [-0.2, -0.15) is 0 Å². The van der Waals surface area contributed by atoms with Gasteiger partial charge in [0.15, 0.2) is 0 Å². The summed E-state index contributed by atoms with van der Waals surface area (Å²) in [5.74, 6) is 2.13. The third kappa shape index (κ3) is 4.32. The largest absolute Gasteiger partial charge is 0.468 e. The highest BCUT2D eigenvalue weighted by Gasteiger charge is 2.25. The Morgan fingerprint density at radius 1 is 1.38 bits per heavy atom. The molecule has 1 aromatic carbocycles. The van der Waals surface area contributed by atoms with Crippen molar-refractivity contribution in [1.82, 2.24) is 9.55 Å². The highest BCUT2D eigenvalue weighted by Crippen LogP contribution is 2.34. The van der Waals surface area contributed by atoms with Crippen LogP contribution in [0.3, 0.4) is 0 Å². The molecule has 2 aromatic rings. The van der Waals surface area contributed by atoms with E-state index in [9.17, 15) is 4.79 Å². The van der Waals surface area contributed by atoms with E-state index in [4.69, 9.17) is 9.72 Å². The SMILES string of the molecule is COC(=O)CSc1ccc2c(c1)nc(CC(C)(C)C)n2CC1CC1. The minimum absolute atomic E-state index is 0.201. The molecule has 0 radical (unpaired) electrons. The topological polar surface area (TPSA) is 44.1 Å². The van der Waals surface area contributed by atoms with E-state index < -0.39 is 0 Å². The van der Waals surface area contributed by atoms with Crippen molar-refractivity contribution in [2.24, 2.45) is 11.3 Å². The molecule has 0 N–H and O–H groups in total. The van der Waals surface area contributed by atoms with Crippen LogP contribution in [-0.2, 0) is 22.5 Å². The predicted octanol–water partition coefficient (Wildman–Crippen LogP) is 4.30. The summed E-state index contributed by atoms with van der Waals surface area (Å²) in [6.07, 6.45) is 3.64. The number of hydrogen-bond acceptors (Lipinski definition) is 4. The lowest BCUT2D eigenvalue weighted by atomic mass is 9.92. The average Bonchev–Trinajstić information content (AvgIpc) is 3.27. The van der Waals surface area contributed by atoms with Crippen LogP contribution in [-0.4, -0.2) is 28.4 Å². The van der Waals surface area contributed by atoms with Crippen molar-refractivity contribution in [3.63, 3.8) is 0 Å². The summed E-state index contributed by atoms with van der Waals surface area (Å²) >= 11 is 1.50. The summed E-state index contributed by atoms with van der Waals surface area (Å²) in [5.41, 5.74) is 2.46. The van der Waals surface area contributed by atoms with Gasteiger partial charge in [-0.3, -0.25) is 4.79 Å². The molecule has 4 nitrogen and oxygen atoms in total. The smallest absolute Gasteiger partial charge is 0.315 e. The number of carbonyl (C=O) groups is 1. The Balaban J connectivity index is 1.89. The summed E-state index contributed by atoms with van der Waals surface area (Å²) in [5, 5.41) is 0. The van der Waals surface area contributed by atoms with Gasteiger partial charge in [0.25, 0.3) is 0 Å². The Hall–Kier alpha value is -1.49. The highest BCUT2D eigenvalue weighted by atomic mass is 32.2. The zero-order valence-corrected chi connectivity index (χ0v) is 15.8. The van der Waals surface area contributed by atoms with E-state index >= 15 is 0 Å². The van der Waals surface area contributed by atoms with Gasteiger partial charge in [0.1, 0.15) is 5.82 Å². The predicted molar refractivity (Wildman–Crippen MR) is 98.4 cm³/mol. The molecule has 0 saturated heterocycles. The molecule has 0 aliphatic heterocycles. The lowest BCUT2D eigenvalue weighted by molar-refractivity contribution is -0.137. The fraction of sp³-hybridized carbons (Fsp3) is 0.579. The first-order valence-corrected chi connectivity index (χ1v) is 9.53. The zero-order valence-electron chi connectivity index (χ0n) is 15.0. The van der Waals surface area contributed by atoms with Crippen LogP contribution in [0, 0.1) is 11.3 Å². The lowest BCUT2D eigenvalue weighted by Gasteiger charge is -2.18. The third-order valence-corrected chi connectivity index (χ3v) is 5.18. The first kappa shape index (κ1) is 17.3. The number of rotatable bonds is 6. The van der Waals surface area contributed by atoms with Crippen LogP contribution in [0.5, 0.6) is 0 Å². The Labute approximate surface area is 148 Å². The van der Waals surface area contributed by atoms with Crippen molar-refractivity contribution >= 4 is 28.8 Å². The van der Waals surface area contributed by atoms with Gasteiger partial charge in [0.2, 0.25) is 0 Å². The van der Waals surface area contributed by atoms with Gasteiger partial charge in [0.05, 0.1) is 23.9 Å². The quantitative estimate of drug-likeness (QED) is 0.578. The maximum atomic E-state index is 11.3. The van der Waals surface area contributed by atoms with Crippen LogP contribution < -0.4 is 0 Å². The molecule has 5 heteroatoms. The Bertz CT molecular complexity index is 742. The summed E-state index contributed by atoms with van der Waals surface area (Å²) in [7, 11) is 1.42. The number of esters is 1. The number of benzene rings is 1. The van der Waals surface area contributed by atoms with E-state index in [0.29, 0.717) is 5.75 Å². The summed E-state index contributed by atoms with van der Waals surface area (Å²) in [6.45, 7) is 7.85. The third-order valence-electron chi connectivity index (χ3n) is 4.21. The van der Waals surface area contributed by atoms with Crippen LogP contribution in [0.25, 0.3) is 11.0 Å². The molecular weight excluding hydrogens is 320 g/mol. The zero-order chi connectivity index (χ0) is 17.3. The van der Waals surface area contributed by atoms with Crippen LogP contribution in [0.15, 0.2) is 23.1 Å². The molecule has 1 fully saturated rings. The van der Waals surface area contributed by atoms with E-state index in [2.05, 4.69) is 43.5 Å². The van der Waals surface area contributed by atoms with Gasteiger partial charge in [-0.1, -0.05) is 20.8 Å². The van der Waals surface area contributed by atoms with Gasteiger partial charge in [0, 0.05) is 17.9 Å². The Morgan fingerprint density at radius 2 is 2.12 bits per heavy atom. The molecule has 130 valence electrons. The molecular formula is C19H26N2O2S. The first-order chi connectivity index (χ1) is 11.4. The van der Waals surface area contributed by atoms with E-state index in [1.165, 1.54) is 43.1 Å². The fourth-order valence-corrected chi connectivity index (χ4v) is 3.58. The highest BCUT2D eigenvalue weighted by molar-refractivity contribution is 8.00. The first-order valence-electron chi connectivity index (χ1n) is 8.54. The Morgan fingerprint density at radius 3 is 2.75 bits per heavy atom. The number of fused-ring (bicyclic) bond motifs is 1. The number of imidazole rings is 1. The minimum Gasteiger partial charge on any atom is -0.468 e. The number of thioether (sulfide) groups is 1. The van der Waals surface area contributed by atoms with E-state index in [1.54, 1.807) is 0 Å². The summed E-state index contributed by atoms with van der Waals surface area (Å²) in [4.78, 5) is 17.3. The van der Waals surface area contributed by atoms with Crippen LogP contribution in [0.4, 0.5) is 0 Å². The number of carbonyl (C=O) groups excluding carboxylic acids is 1. The van der Waals surface area contributed by atoms with Crippen molar-refractivity contribution in [2.45, 2.75) is 51.5 Å². The number of methoxy groups -OCH3 is 1. The lowest BCUT2D eigenvalue weighted by Crippen LogP contribution is -2.15. The molecule has 0 unspecified atom stereocenters. The van der Waals surface area contributed by atoms with Crippen LogP contribution in [0.2, 0.25) is 0 Å². The summed E-state index contributed by atoms with van der Waals surface area (Å²) < 4.78 is 7.12. The maximum absolute atomic E-state index is 11.3. The molecule has 3 rings (SSSR count). The molecule has 0 amide bonds. The van der Waals surface area contributed by atoms with Gasteiger partial charge in [-0.25, -0.2) is 4.98 Å². The second kappa shape index (κ2) is 6.79. The standard InChI is InChI=1S/C19H26N2O2S/c1-19(2,3)10-17-20-15-9-14(24-12-18(22)23-4)7-8-16(15)21(17)11-13-5-6-13/h7-9,13H,5-6,10-12H2,1-4H3. The average molecular weight is 346 g/mol. The minimum atomic E-state index is -0.201. The van der Waals surface area contributed by atoms with Crippen LogP contribution >= 0.6 is 11.8 Å². The molecule has 1 aromatic heterocycles. The second-order valence-corrected chi connectivity index (χ2v) is 8.88. The van der Waals surface area contributed by atoms with E-state index in [0.717, 1.165) is 29.3 Å². The van der Waals surface area contributed by atoms with Crippen molar-refractivity contribution in [2.75, 3.05) is 12.9 Å². The Kier molecular flexibility index (Phi) is 4.90. The molecule has 0 atom stereocenters. The summed E-state index contributed by atoms with van der Waals surface area (Å²) in [6, 6.07) is 6.33. The van der Waals surface area contributed by atoms with Crippen molar-refractivity contribution in [3.8, 4) is 0 Å². The van der Waals surface area contributed by atoms with Crippen LogP contribution in [0.1, 0.15) is 39.4 Å². The molecule has 0 bridgehead atoms. The van der Waals surface area contributed by atoms with Gasteiger partial charge in [-0.05, 0) is 42.4 Å². The molecule has 0 spiro atoms. The normalized spacial score (nSPS) is 15.0. The molecule has 1 aliphatic carbocycles. The molecule has 24 heavy (non-hydrogen) atoms. The fourth-order valence-electron chi connectivity index (χ4n) is 2.82. The second-order valence-electron chi connectivity index (χ2n) is 7.83. The van der Waals surface area contributed by atoms with Crippen molar-refractivity contribution in [3.05, 3.63) is 24.0 Å². The van der Waals surface area contributed by atoms with E-state index in [-0.39, 0.29) is 11.4 Å². The molecule has 1 aliphatic rings. The van der Waals surface area contributed by atoms with Crippen molar-refractivity contribution < 1.29 is 9.53 Å². The monoisotopic (exact) mass is 346 g/mol. The van der Waals surface area contributed by atoms with Gasteiger partial charge < -0.3 is 9.30 Å². The molecule has 1 saturated carbocycles. The maximum Gasteiger partial charge on any atom is 0.315 e. The molecule has 1 heterocycles. The number of aromatic nitrogens is 2. The number of nitrogens with zero attached hydrogens (tertiary/aromatic N) is 2. The van der Waals surface area contributed by atoms with Crippen molar-refractivity contribution in [1.29, 1.82) is 0 Å². The van der Waals surface area contributed by atoms with Gasteiger partial charge in [-0.15, -0.1) is 11.8 Å². The number of ether oxygens (including phenoxy) is 1. The van der Waals surface area contributed by atoms with E-state index in [1.807, 2.05) is 0 Å².